The van der Waals surface area contributed by atoms with Gasteiger partial charge in [-0.2, -0.15) is 10.4 Å². The number of piperazine rings is 1. The minimum atomic E-state index is -0.533. The van der Waals surface area contributed by atoms with Crippen molar-refractivity contribution in [1.82, 2.24) is 34.4 Å². The molecule has 2 saturated heterocycles. The van der Waals surface area contributed by atoms with Crippen molar-refractivity contribution < 1.29 is 13.9 Å². The molecule has 6 rings (SSSR count). The van der Waals surface area contributed by atoms with E-state index in [0.29, 0.717) is 66.2 Å². The first-order chi connectivity index (χ1) is 23.0. The third kappa shape index (κ3) is 6.48. The first kappa shape index (κ1) is 33.1. The van der Waals surface area contributed by atoms with Crippen molar-refractivity contribution in [2.45, 2.75) is 64.2 Å². The number of carbonyl (C=O) groups is 1. The largest absolute Gasteiger partial charge is 0.457 e. The molecule has 0 saturated carbocycles. The molecule has 2 aromatic carbocycles. The highest BCUT2D eigenvalue weighted by Gasteiger charge is 2.36. The predicted molar refractivity (Wildman–Crippen MR) is 183 cm³/mol. The van der Waals surface area contributed by atoms with Crippen molar-refractivity contribution in [3.63, 3.8) is 0 Å². The van der Waals surface area contributed by atoms with E-state index < -0.39 is 11.4 Å². The average Bonchev–Trinajstić information content (AvgIpc) is 3.47. The minimum absolute atomic E-state index is 0.123. The summed E-state index contributed by atoms with van der Waals surface area (Å²) in [6, 6.07) is 16.4. The number of halogens is 1. The summed E-state index contributed by atoms with van der Waals surface area (Å²) in [4.78, 5) is 28.9. The van der Waals surface area contributed by atoms with Crippen molar-refractivity contribution in [3.8, 4) is 28.8 Å². The lowest BCUT2D eigenvalue weighted by atomic mass is 9.94. The van der Waals surface area contributed by atoms with E-state index in [2.05, 4.69) is 60.6 Å². The number of benzene rings is 2. The molecule has 2 aliphatic heterocycles. The molecule has 0 spiro atoms. The Labute approximate surface area is 280 Å². The summed E-state index contributed by atoms with van der Waals surface area (Å²) < 4.78 is 23.2. The van der Waals surface area contributed by atoms with Crippen LogP contribution in [0, 0.1) is 17.1 Å². The van der Waals surface area contributed by atoms with Crippen LogP contribution in [0.3, 0.4) is 0 Å². The third-order valence-electron chi connectivity index (χ3n) is 9.75. The lowest BCUT2D eigenvalue weighted by Crippen LogP contribution is -2.60. The van der Waals surface area contributed by atoms with Crippen LogP contribution in [0.5, 0.6) is 11.5 Å². The van der Waals surface area contributed by atoms with Crippen molar-refractivity contribution in [2.75, 3.05) is 39.0 Å². The summed E-state index contributed by atoms with van der Waals surface area (Å²) in [5.41, 5.74) is 6.96. The van der Waals surface area contributed by atoms with Crippen LogP contribution in [-0.2, 0) is 4.79 Å². The Morgan fingerprint density at radius 2 is 1.81 bits per heavy atom. The lowest BCUT2D eigenvalue weighted by molar-refractivity contribution is -0.128. The molecule has 0 unspecified atom stereocenters. The zero-order valence-corrected chi connectivity index (χ0v) is 28.1. The van der Waals surface area contributed by atoms with Gasteiger partial charge in [0, 0.05) is 55.4 Å². The van der Waals surface area contributed by atoms with Gasteiger partial charge >= 0.3 is 0 Å². The SMILES string of the molecule is C[C@@H]1CN(C(C)(C)C=C(C#N)C(=O)N2CCC[C@@H](n3nc(-c4ccc(Oc5ccccc5)cc4F)c4c(N)ncnc43)C2)C[C@H](C)N1C. The fraction of sp³-hybridized carbons (Fsp3) is 0.417. The lowest BCUT2D eigenvalue weighted by Gasteiger charge is -2.48. The molecule has 4 heterocycles. The number of aromatic nitrogens is 4. The van der Waals surface area contributed by atoms with E-state index >= 15 is 4.39 Å². The van der Waals surface area contributed by atoms with E-state index in [1.807, 2.05) is 24.3 Å². The number of hydrogen-bond acceptors (Lipinski definition) is 9. The molecule has 250 valence electrons. The molecule has 12 heteroatoms. The quantitative estimate of drug-likeness (QED) is 0.206. The number of likely N-dealkylation sites (tertiary alicyclic amines) is 1. The number of rotatable bonds is 7. The number of nitrogens with zero attached hydrogens (tertiary/aromatic N) is 8. The Kier molecular flexibility index (Phi) is 9.18. The number of nitrogens with two attached hydrogens (primary N) is 1. The Bertz CT molecular complexity index is 1870. The van der Waals surface area contributed by atoms with Crippen molar-refractivity contribution in [2.24, 2.45) is 0 Å². The van der Waals surface area contributed by atoms with Gasteiger partial charge in [0.05, 0.1) is 11.4 Å². The van der Waals surface area contributed by atoms with Gasteiger partial charge < -0.3 is 15.4 Å². The Morgan fingerprint density at radius 3 is 2.50 bits per heavy atom. The van der Waals surface area contributed by atoms with E-state index in [1.165, 1.54) is 12.4 Å². The minimum Gasteiger partial charge on any atom is -0.457 e. The van der Waals surface area contributed by atoms with Crippen LogP contribution < -0.4 is 10.5 Å². The van der Waals surface area contributed by atoms with E-state index in [0.717, 1.165) is 13.1 Å². The van der Waals surface area contributed by atoms with Gasteiger partial charge in [-0.3, -0.25) is 14.6 Å². The van der Waals surface area contributed by atoms with Crippen LogP contribution in [0.25, 0.3) is 22.3 Å². The van der Waals surface area contributed by atoms with Gasteiger partial charge in [0.15, 0.2) is 5.65 Å². The van der Waals surface area contributed by atoms with Gasteiger partial charge in [-0.25, -0.2) is 19.0 Å². The molecule has 2 N–H and O–H groups in total. The van der Waals surface area contributed by atoms with E-state index in [4.69, 9.17) is 15.6 Å². The van der Waals surface area contributed by atoms with E-state index in [-0.39, 0.29) is 28.9 Å². The molecule has 0 aliphatic carbocycles. The third-order valence-corrected chi connectivity index (χ3v) is 9.75. The van der Waals surface area contributed by atoms with Gasteiger partial charge in [0.25, 0.3) is 5.91 Å². The number of nitriles is 1. The van der Waals surface area contributed by atoms with Gasteiger partial charge in [-0.05, 0) is 77.9 Å². The Balaban J connectivity index is 1.27. The molecule has 4 aromatic rings. The summed E-state index contributed by atoms with van der Waals surface area (Å²) in [6.07, 6.45) is 4.58. The zero-order valence-electron chi connectivity index (χ0n) is 28.1. The van der Waals surface area contributed by atoms with Crippen LogP contribution >= 0.6 is 0 Å². The van der Waals surface area contributed by atoms with Gasteiger partial charge in [0.2, 0.25) is 0 Å². The second-order valence-corrected chi connectivity index (χ2v) is 13.4. The maximum atomic E-state index is 15.7. The molecule has 0 radical (unpaired) electrons. The first-order valence-corrected chi connectivity index (χ1v) is 16.4. The van der Waals surface area contributed by atoms with Crippen LogP contribution in [-0.4, -0.2) is 91.2 Å². The normalized spacial score (nSPS) is 21.3. The van der Waals surface area contributed by atoms with Crippen LogP contribution in [0.1, 0.15) is 46.6 Å². The number of piperidine rings is 1. The standard InChI is InChI=1S/C36H42FN9O2/c1-23-19-45(20-24(2)43(23)5)36(3,4)17-25(18-38)35(47)44-15-9-10-26(21-44)46-34-31(33(39)40-22-41-34)32(42-46)29-14-13-28(16-30(29)37)48-27-11-7-6-8-12-27/h6-8,11-14,16-17,22-24,26H,9-10,15,19-21H2,1-5H3,(H2,39,40,41)/t23-,24+,26-/m1/s1. The molecule has 3 atom stereocenters. The van der Waals surface area contributed by atoms with Gasteiger partial charge in [-0.1, -0.05) is 18.2 Å². The Morgan fingerprint density at radius 1 is 1.08 bits per heavy atom. The number of amides is 1. The number of para-hydroxylation sites is 1. The summed E-state index contributed by atoms with van der Waals surface area (Å²) >= 11 is 0. The second-order valence-electron chi connectivity index (χ2n) is 13.4. The molecule has 2 fully saturated rings. The fourth-order valence-corrected chi connectivity index (χ4v) is 6.79. The summed E-state index contributed by atoms with van der Waals surface area (Å²) in [6.45, 7) is 11.0. The number of carbonyl (C=O) groups excluding carboxylic acids is 1. The molecule has 48 heavy (non-hydrogen) atoms. The van der Waals surface area contributed by atoms with Crippen LogP contribution in [0.2, 0.25) is 0 Å². The maximum Gasteiger partial charge on any atom is 0.264 e. The average molecular weight is 652 g/mol. The predicted octanol–water partition coefficient (Wildman–Crippen LogP) is 5.42. The number of fused-ring (bicyclic) bond motifs is 1. The van der Waals surface area contributed by atoms with E-state index in [1.54, 1.807) is 33.8 Å². The molecule has 0 bridgehead atoms. The van der Waals surface area contributed by atoms with Crippen molar-refractivity contribution in [1.29, 1.82) is 5.26 Å². The summed E-state index contributed by atoms with van der Waals surface area (Å²) in [5, 5.41) is 15.4. The number of hydrogen-bond donors (Lipinski definition) is 1. The van der Waals surface area contributed by atoms with E-state index in [9.17, 15) is 10.1 Å². The molecule has 1 amide bonds. The fourth-order valence-electron chi connectivity index (χ4n) is 6.79. The summed E-state index contributed by atoms with van der Waals surface area (Å²) in [5.74, 6) is 0.275. The molecular weight excluding hydrogens is 609 g/mol. The highest BCUT2D eigenvalue weighted by molar-refractivity contribution is 5.99. The second kappa shape index (κ2) is 13.3. The first-order valence-electron chi connectivity index (χ1n) is 16.4. The van der Waals surface area contributed by atoms with Crippen molar-refractivity contribution in [3.05, 3.63) is 72.3 Å². The van der Waals surface area contributed by atoms with Crippen LogP contribution in [0.4, 0.5) is 10.2 Å². The number of anilines is 1. The molecular formula is C36H42FN9O2. The summed E-state index contributed by atoms with van der Waals surface area (Å²) in [7, 11) is 2.13. The highest BCUT2D eigenvalue weighted by Crippen LogP contribution is 2.36. The molecule has 2 aromatic heterocycles. The van der Waals surface area contributed by atoms with Gasteiger partial charge in [0.1, 0.15) is 46.8 Å². The van der Waals surface area contributed by atoms with Gasteiger partial charge in [-0.15, -0.1) is 0 Å². The zero-order chi connectivity index (χ0) is 34.2. The monoisotopic (exact) mass is 651 g/mol. The molecule has 11 nitrogen and oxygen atoms in total. The maximum absolute atomic E-state index is 15.7. The Hall–Kier alpha value is -4.86. The number of nitrogen functional groups attached to an aromatic ring is 1. The highest BCUT2D eigenvalue weighted by atomic mass is 19.1. The topological polar surface area (TPSA) is 129 Å². The van der Waals surface area contributed by atoms with Crippen molar-refractivity contribution >= 4 is 22.8 Å². The molecule has 2 aliphatic rings. The number of likely N-dealkylation sites (N-methyl/N-ethyl adjacent to an activating group) is 1. The number of ether oxygens (including phenoxy) is 1. The smallest absolute Gasteiger partial charge is 0.264 e. The van der Waals surface area contributed by atoms with Crippen LogP contribution in [0.15, 0.2) is 66.5 Å².